The number of hydrogen-bond donors (Lipinski definition) is 2. The molecule has 0 bridgehead atoms. The summed E-state index contributed by atoms with van der Waals surface area (Å²) in [6.45, 7) is 3.75. The highest BCUT2D eigenvalue weighted by Crippen LogP contribution is 2.17. The normalized spacial score (nSPS) is 10.8. The van der Waals surface area contributed by atoms with Crippen molar-refractivity contribution in [3.8, 4) is 0 Å². The van der Waals surface area contributed by atoms with Crippen LogP contribution in [0.25, 0.3) is 0 Å². The molecule has 0 saturated heterocycles. The van der Waals surface area contributed by atoms with Gasteiger partial charge in [-0.25, -0.2) is 4.98 Å². The van der Waals surface area contributed by atoms with E-state index >= 15 is 0 Å². The molecule has 0 aliphatic heterocycles. The van der Waals surface area contributed by atoms with Crippen molar-refractivity contribution in [2.45, 2.75) is 26.4 Å². The van der Waals surface area contributed by atoms with Crippen LogP contribution in [-0.4, -0.2) is 4.98 Å². The summed E-state index contributed by atoms with van der Waals surface area (Å²) in [5.41, 5.74) is 7.75. The highest BCUT2D eigenvalue weighted by atomic mass is 79.9. The number of hydrogen-bond acceptors (Lipinski definition) is 4. The molecule has 3 N–H and O–H groups in total. The molecule has 1 heterocycles. The van der Waals surface area contributed by atoms with Crippen molar-refractivity contribution < 1.29 is 0 Å². The summed E-state index contributed by atoms with van der Waals surface area (Å²) in [5.74, 6) is 0. The minimum Gasteiger partial charge on any atom is -0.399 e. The Kier molecular flexibility index (Phi) is 4.74. The van der Waals surface area contributed by atoms with Crippen molar-refractivity contribution in [2.75, 3.05) is 5.73 Å². The molecule has 3 nitrogen and oxygen atoms in total. The van der Waals surface area contributed by atoms with E-state index in [0.29, 0.717) is 0 Å². The zero-order valence-corrected chi connectivity index (χ0v) is 12.6. The van der Waals surface area contributed by atoms with Crippen molar-refractivity contribution in [1.29, 1.82) is 0 Å². The molecule has 0 aliphatic carbocycles. The van der Waals surface area contributed by atoms with Crippen LogP contribution >= 0.6 is 27.3 Å². The summed E-state index contributed by atoms with van der Waals surface area (Å²) >= 11 is 5.21. The van der Waals surface area contributed by atoms with Crippen molar-refractivity contribution in [2.24, 2.45) is 0 Å². The molecule has 0 amide bonds. The lowest BCUT2D eigenvalue weighted by molar-refractivity contribution is 0.690. The zero-order valence-electron chi connectivity index (χ0n) is 10.2. The first-order valence-corrected chi connectivity index (χ1v) is 7.47. The third-order valence-electron chi connectivity index (χ3n) is 2.54. The lowest BCUT2D eigenvalue weighted by Crippen LogP contribution is -2.12. The van der Waals surface area contributed by atoms with Crippen LogP contribution < -0.4 is 11.1 Å². The number of nitrogens with one attached hydrogen (secondary N) is 1. The minimum atomic E-state index is 0.781. The number of aromatic nitrogens is 1. The molecule has 0 radical (unpaired) electrons. The topological polar surface area (TPSA) is 50.9 Å². The molecule has 0 unspecified atom stereocenters. The largest absolute Gasteiger partial charge is 0.399 e. The Labute approximate surface area is 120 Å². The molecular weight excluding hydrogens is 310 g/mol. The Balaban J connectivity index is 1.88. The van der Waals surface area contributed by atoms with Gasteiger partial charge in [-0.2, -0.15) is 0 Å². The van der Waals surface area contributed by atoms with E-state index in [1.54, 1.807) is 11.3 Å². The number of benzene rings is 1. The van der Waals surface area contributed by atoms with Gasteiger partial charge in [0.1, 0.15) is 5.01 Å². The second-order valence-electron chi connectivity index (χ2n) is 4.07. The summed E-state index contributed by atoms with van der Waals surface area (Å²) in [4.78, 5) is 5.71. The van der Waals surface area contributed by atoms with Crippen LogP contribution in [-0.2, 0) is 19.5 Å². The van der Waals surface area contributed by atoms with Crippen LogP contribution in [0, 0.1) is 0 Å². The average Bonchev–Trinajstić information content (AvgIpc) is 2.76. The molecule has 0 spiro atoms. The third-order valence-corrected chi connectivity index (χ3v) is 4.13. The number of anilines is 1. The molecule has 5 heteroatoms. The van der Waals surface area contributed by atoms with Gasteiger partial charge in [-0.15, -0.1) is 11.3 Å². The number of nitrogens with zero attached hydrogens (tertiary/aromatic N) is 1. The average molecular weight is 326 g/mol. The molecule has 1 aromatic carbocycles. The number of aryl methyl sites for hydroxylation is 1. The summed E-state index contributed by atoms with van der Waals surface area (Å²) < 4.78 is 1.02. The Morgan fingerprint density at radius 3 is 2.83 bits per heavy atom. The number of nitrogen functional groups attached to an aromatic ring is 1. The van der Waals surface area contributed by atoms with Gasteiger partial charge < -0.3 is 11.1 Å². The highest BCUT2D eigenvalue weighted by Gasteiger charge is 2.01. The first-order chi connectivity index (χ1) is 8.67. The Morgan fingerprint density at radius 1 is 1.33 bits per heavy atom. The summed E-state index contributed by atoms with van der Waals surface area (Å²) in [6, 6.07) is 5.96. The SMILES string of the molecule is CCc1cnc(CNCc2cc(N)cc(Br)c2)s1. The number of rotatable bonds is 5. The van der Waals surface area contributed by atoms with Gasteiger partial charge in [0.25, 0.3) is 0 Å². The monoisotopic (exact) mass is 325 g/mol. The predicted molar refractivity (Wildman–Crippen MR) is 80.6 cm³/mol. The molecule has 2 rings (SSSR count). The van der Waals surface area contributed by atoms with Crippen LogP contribution in [0.15, 0.2) is 28.9 Å². The second kappa shape index (κ2) is 6.31. The van der Waals surface area contributed by atoms with Gasteiger partial charge in [0.05, 0.1) is 0 Å². The molecule has 1 aromatic heterocycles. The van der Waals surface area contributed by atoms with Crippen molar-refractivity contribution >= 4 is 33.0 Å². The van der Waals surface area contributed by atoms with Crippen molar-refractivity contribution in [3.63, 3.8) is 0 Å². The van der Waals surface area contributed by atoms with Crippen LogP contribution in [0.3, 0.4) is 0 Å². The Bertz CT molecular complexity index is 504. The van der Waals surface area contributed by atoms with Gasteiger partial charge in [0.15, 0.2) is 0 Å². The molecule has 18 heavy (non-hydrogen) atoms. The Morgan fingerprint density at radius 2 is 2.17 bits per heavy atom. The minimum absolute atomic E-state index is 0.781. The van der Waals surface area contributed by atoms with Crippen molar-refractivity contribution in [3.05, 3.63) is 44.3 Å². The predicted octanol–water partition coefficient (Wildman–Crippen LogP) is 3.34. The molecule has 0 fully saturated rings. The van der Waals surface area contributed by atoms with Gasteiger partial charge in [0.2, 0.25) is 0 Å². The maximum atomic E-state index is 5.80. The van der Waals surface area contributed by atoms with Crippen LogP contribution in [0.4, 0.5) is 5.69 Å². The first kappa shape index (κ1) is 13.5. The molecule has 96 valence electrons. The lowest BCUT2D eigenvalue weighted by Gasteiger charge is -2.05. The molecular formula is C13H16BrN3S. The van der Waals surface area contributed by atoms with Gasteiger partial charge in [-0.1, -0.05) is 22.9 Å². The number of thiazole rings is 1. The summed E-state index contributed by atoms with van der Waals surface area (Å²) in [7, 11) is 0. The van der Waals surface area contributed by atoms with E-state index in [0.717, 1.165) is 34.7 Å². The molecule has 2 aromatic rings. The fraction of sp³-hybridized carbons (Fsp3) is 0.308. The van der Waals surface area contributed by atoms with E-state index in [-0.39, 0.29) is 0 Å². The van der Waals surface area contributed by atoms with Crippen LogP contribution in [0.2, 0.25) is 0 Å². The molecule has 0 atom stereocenters. The van der Waals surface area contributed by atoms with E-state index in [4.69, 9.17) is 5.73 Å². The van der Waals surface area contributed by atoms with E-state index in [1.807, 2.05) is 18.3 Å². The van der Waals surface area contributed by atoms with E-state index in [9.17, 15) is 0 Å². The first-order valence-electron chi connectivity index (χ1n) is 5.86. The van der Waals surface area contributed by atoms with Gasteiger partial charge in [0, 0.05) is 34.3 Å². The number of halogens is 1. The standard InChI is InChI=1S/C13H16BrN3S/c1-2-12-7-17-13(18-12)8-16-6-9-3-10(14)5-11(15)4-9/h3-5,7,16H,2,6,8,15H2,1H3. The maximum absolute atomic E-state index is 5.80. The highest BCUT2D eigenvalue weighted by molar-refractivity contribution is 9.10. The zero-order chi connectivity index (χ0) is 13.0. The lowest BCUT2D eigenvalue weighted by atomic mass is 10.2. The van der Waals surface area contributed by atoms with E-state index < -0.39 is 0 Å². The van der Waals surface area contributed by atoms with Crippen molar-refractivity contribution in [1.82, 2.24) is 10.3 Å². The van der Waals surface area contributed by atoms with E-state index in [1.165, 1.54) is 10.4 Å². The third kappa shape index (κ3) is 3.80. The quantitative estimate of drug-likeness (QED) is 0.829. The second-order valence-corrected chi connectivity index (χ2v) is 6.19. The van der Waals surface area contributed by atoms with Gasteiger partial charge in [-0.3, -0.25) is 0 Å². The fourth-order valence-electron chi connectivity index (χ4n) is 1.68. The maximum Gasteiger partial charge on any atom is 0.107 e. The number of nitrogens with two attached hydrogens (primary N) is 1. The summed E-state index contributed by atoms with van der Waals surface area (Å²) in [5, 5.41) is 4.52. The molecule has 0 saturated carbocycles. The van der Waals surface area contributed by atoms with Gasteiger partial charge >= 0.3 is 0 Å². The fourth-order valence-corrected chi connectivity index (χ4v) is 3.07. The molecule has 0 aliphatic rings. The smallest absolute Gasteiger partial charge is 0.107 e. The van der Waals surface area contributed by atoms with Gasteiger partial charge in [-0.05, 0) is 30.2 Å². The summed E-state index contributed by atoms with van der Waals surface area (Å²) in [6.07, 6.45) is 3.01. The van der Waals surface area contributed by atoms with E-state index in [2.05, 4.69) is 39.2 Å². The van der Waals surface area contributed by atoms with Crippen LogP contribution in [0.5, 0.6) is 0 Å². The Hall–Kier alpha value is -0.910. The van der Waals surface area contributed by atoms with Crippen LogP contribution in [0.1, 0.15) is 22.4 Å².